The number of aliphatic hydroxyl groups excluding tert-OH is 1. The van der Waals surface area contributed by atoms with Gasteiger partial charge in [-0.2, -0.15) is 0 Å². The van der Waals surface area contributed by atoms with E-state index >= 15 is 0 Å². The lowest BCUT2D eigenvalue weighted by Gasteiger charge is -2.39. The molecule has 1 aliphatic heterocycles. The number of nitrogens with zero attached hydrogens (tertiary/aromatic N) is 4. The van der Waals surface area contributed by atoms with Crippen LogP contribution in [-0.4, -0.2) is 45.9 Å². The third-order valence-corrected chi connectivity index (χ3v) is 4.24. The molecule has 1 saturated heterocycles. The Kier molecular flexibility index (Phi) is 4.43. The predicted molar refractivity (Wildman–Crippen MR) is 95.5 cm³/mol. The number of pyridine rings is 1. The van der Waals surface area contributed by atoms with Gasteiger partial charge < -0.3 is 14.7 Å². The number of ether oxygens (including phenoxy) is 1. The smallest absolute Gasteiger partial charge is 0.236 e. The van der Waals surface area contributed by atoms with Crippen LogP contribution in [0.25, 0.3) is 10.9 Å². The third kappa shape index (κ3) is 3.39. The third-order valence-electron chi connectivity index (χ3n) is 4.24. The second-order valence-electron chi connectivity index (χ2n) is 5.99. The van der Waals surface area contributed by atoms with Gasteiger partial charge in [-0.05, 0) is 24.6 Å². The molecule has 3 aromatic rings. The molecule has 1 fully saturated rings. The minimum absolute atomic E-state index is 0.0147. The maximum absolute atomic E-state index is 8.94. The zero-order chi connectivity index (χ0) is 17.1. The van der Waals surface area contributed by atoms with Gasteiger partial charge in [0.1, 0.15) is 17.6 Å². The van der Waals surface area contributed by atoms with Crippen LogP contribution < -0.4 is 9.64 Å². The van der Waals surface area contributed by atoms with Gasteiger partial charge in [0, 0.05) is 30.8 Å². The molecule has 1 N–H and O–H groups in total. The van der Waals surface area contributed by atoms with E-state index in [4.69, 9.17) is 14.8 Å². The molecule has 25 heavy (non-hydrogen) atoms. The molecule has 1 aliphatic rings. The second-order valence-corrected chi connectivity index (χ2v) is 5.99. The van der Waals surface area contributed by atoms with E-state index in [1.54, 1.807) is 18.8 Å². The molecule has 0 amide bonds. The Morgan fingerprint density at radius 2 is 1.96 bits per heavy atom. The summed E-state index contributed by atoms with van der Waals surface area (Å²) in [6.07, 6.45) is 5.61. The van der Waals surface area contributed by atoms with Crippen LogP contribution in [0, 0.1) is 6.42 Å². The van der Waals surface area contributed by atoms with Crippen molar-refractivity contribution in [1.29, 1.82) is 0 Å². The minimum Gasteiger partial charge on any atom is -0.469 e. The van der Waals surface area contributed by atoms with Crippen LogP contribution in [0.2, 0.25) is 0 Å². The Bertz CT molecular complexity index is 865. The lowest BCUT2D eigenvalue weighted by Crippen LogP contribution is -2.54. The molecule has 6 nitrogen and oxygen atoms in total. The molecule has 0 unspecified atom stereocenters. The number of fused-ring (bicyclic) bond motifs is 1. The first-order chi connectivity index (χ1) is 12.3. The number of aromatic nitrogens is 3. The highest BCUT2D eigenvalue weighted by molar-refractivity contribution is 5.80. The lowest BCUT2D eigenvalue weighted by molar-refractivity contribution is 0.157. The number of anilines is 1. The number of benzene rings is 1. The molecule has 0 aliphatic carbocycles. The molecule has 127 valence electrons. The average Bonchev–Trinajstić information content (AvgIpc) is 2.63. The SMILES string of the molecule is OC[CH]Cc1nccnc1OC1CN(c2ccc3ccccc3n2)C1. The maximum Gasteiger partial charge on any atom is 0.236 e. The summed E-state index contributed by atoms with van der Waals surface area (Å²) in [6.45, 7) is 1.55. The molecule has 0 spiro atoms. The van der Waals surface area contributed by atoms with Gasteiger partial charge in [0.05, 0.1) is 18.6 Å². The number of hydrogen-bond acceptors (Lipinski definition) is 6. The van der Waals surface area contributed by atoms with Crippen LogP contribution in [0.1, 0.15) is 5.69 Å². The van der Waals surface area contributed by atoms with Crippen molar-refractivity contribution in [2.45, 2.75) is 12.5 Å². The normalized spacial score (nSPS) is 14.5. The minimum atomic E-state index is 0.0147. The molecule has 0 bridgehead atoms. The highest BCUT2D eigenvalue weighted by atomic mass is 16.5. The fourth-order valence-electron chi connectivity index (χ4n) is 2.88. The first-order valence-corrected chi connectivity index (χ1v) is 8.33. The zero-order valence-electron chi connectivity index (χ0n) is 13.7. The topological polar surface area (TPSA) is 71.4 Å². The summed E-state index contributed by atoms with van der Waals surface area (Å²) in [5.74, 6) is 1.51. The van der Waals surface area contributed by atoms with E-state index < -0.39 is 0 Å². The van der Waals surface area contributed by atoms with Crippen LogP contribution in [0.15, 0.2) is 48.8 Å². The fraction of sp³-hybridized carbons (Fsp3) is 0.263. The van der Waals surface area contributed by atoms with Gasteiger partial charge in [0.2, 0.25) is 5.88 Å². The molecule has 0 saturated carbocycles. The van der Waals surface area contributed by atoms with Crippen molar-refractivity contribution in [3.05, 3.63) is 60.9 Å². The predicted octanol–water partition coefficient (Wildman–Crippen LogP) is 2.03. The van der Waals surface area contributed by atoms with E-state index in [1.165, 1.54) is 0 Å². The summed E-state index contributed by atoms with van der Waals surface area (Å²) in [6, 6.07) is 12.2. The average molecular weight is 335 g/mol. The molecule has 2 aromatic heterocycles. The van der Waals surface area contributed by atoms with Crippen molar-refractivity contribution < 1.29 is 9.84 Å². The first kappa shape index (κ1) is 15.8. The van der Waals surface area contributed by atoms with E-state index in [1.807, 2.05) is 24.3 Å². The van der Waals surface area contributed by atoms with Crippen molar-refractivity contribution in [1.82, 2.24) is 15.0 Å². The highest BCUT2D eigenvalue weighted by Crippen LogP contribution is 2.25. The number of para-hydroxylation sites is 1. The Hall–Kier alpha value is -2.73. The van der Waals surface area contributed by atoms with E-state index in [9.17, 15) is 0 Å². The number of hydrogen-bond donors (Lipinski definition) is 1. The van der Waals surface area contributed by atoms with Crippen molar-refractivity contribution in [2.75, 3.05) is 24.6 Å². The zero-order valence-corrected chi connectivity index (χ0v) is 13.7. The molecule has 1 radical (unpaired) electrons. The molecule has 6 heteroatoms. The van der Waals surface area contributed by atoms with Gasteiger partial charge in [-0.3, -0.25) is 4.98 Å². The summed E-state index contributed by atoms with van der Waals surface area (Å²) < 4.78 is 5.97. The van der Waals surface area contributed by atoms with Crippen molar-refractivity contribution in [3.8, 4) is 5.88 Å². The van der Waals surface area contributed by atoms with Crippen LogP contribution >= 0.6 is 0 Å². The molecule has 0 atom stereocenters. The number of rotatable bonds is 6. The summed E-state index contributed by atoms with van der Waals surface area (Å²) in [7, 11) is 0. The van der Waals surface area contributed by atoms with E-state index in [-0.39, 0.29) is 12.7 Å². The first-order valence-electron chi connectivity index (χ1n) is 8.33. The highest BCUT2D eigenvalue weighted by Gasteiger charge is 2.30. The monoisotopic (exact) mass is 335 g/mol. The Labute approximate surface area is 146 Å². The Morgan fingerprint density at radius 1 is 1.12 bits per heavy atom. The van der Waals surface area contributed by atoms with E-state index in [0.29, 0.717) is 12.3 Å². The summed E-state index contributed by atoms with van der Waals surface area (Å²) >= 11 is 0. The molecular formula is C19H19N4O2. The number of aliphatic hydroxyl groups is 1. The summed E-state index contributed by atoms with van der Waals surface area (Å²) in [5, 5.41) is 10.1. The lowest BCUT2D eigenvalue weighted by atomic mass is 10.1. The summed E-state index contributed by atoms with van der Waals surface area (Å²) in [5.41, 5.74) is 1.75. The quantitative estimate of drug-likeness (QED) is 0.743. The molecule has 3 heterocycles. The molecular weight excluding hydrogens is 316 g/mol. The van der Waals surface area contributed by atoms with Gasteiger partial charge in [0.25, 0.3) is 0 Å². The van der Waals surface area contributed by atoms with Crippen molar-refractivity contribution in [3.63, 3.8) is 0 Å². The van der Waals surface area contributed by atoms with Crippen molar-refractivity contribution in [2.24, 2.45) is 0 Å². The summed E-state index contributed by atoms with van der Waals surface area (Å²) in [4.78, 5) is 15.4. The molecule has 1 aromatic carbocycles. The van der Waals surface area contributed by atoms with Gasteiger partial charge in [-0.25, -0.2) is 9.97 Å². The van der Waals surface area contributed by atoms with Gasteiger partial charge in [-0.1, -0.05) is 18.2 Å². The van der Waals surface area contributed by atoms with E-state index in [0.717, 1.165) is 35.5 Å². The van der Waals surface area contributed by atoms with Crippen LogP contribution in [0.3, 0.4) is 0 Å². The van der Waals surface area contributed by atoms with Gasteiger partial charge >= 0.3 is 0 Å². The van der Waals surface area contributed by atoms with Gasteiger partial charge in [0.15, 0.2) is 0 Å². The molecule has 4 rings (SSSR count). The van der Waals surface area contributed by atoms with Crippen LogP contribution in [-0.2, 0) is 6.42 Å². The van der Waals surface area contributed by atoms with E-state index in [2.05, 4.69) is 27.0 Å². The van der Waals surface area contributed by atoms with Gasteiger partial charge in [-0.15, -0.1) is 0 Å². The maximum atomic E-state index is 8.94. The van der Waals surface area contributed by atoms with Crippen LogP contribution in [0.4, 0.5) is 5.82 Å². The van der Waals surface area contributed by atoms with Crippen molar-refractivity contribution >= 4 is 16.7 Å². The Morgan fingerprint density at radius 3 is 2.84 bits per heavy atom. The standard InChI is InChI=1S/C19H19N4O2/c24-11-3-6-17-19(21-10-9-20-17)25-15-12-23(13-15)18-8-7-14-4-1-2-5-16(14)22-18/h1-5,7-10,15,24H,6,11-13H2. The fourth-order valence-corrected chi connectivity index (χ4v) is 2.88. The Balaban J connectivity index is 1.40. The van der Waals surface area contributed by atoms with Crippen LogP contribution in [0.5, 0.6) is 5.88 Å². The second kappa shape index (κ2) is 7.03. The largest absolute Gasteiger partial charge is 0.469 e.